The minimum absolute atomic E-state index is 0.201. The minimum atomic E-state index is -0.201. The summed E-state index contributed by atoms with van der Waals surface area (Å²) in [5.41, 5.74) is 5.42. The van der Waals surface area contributed by atoms with Crippen molar-refractivity contribution in [1.82, 2.24) is 15.4 Å². The van der Waals surface area contributed by atoms with E-state index in [1.165, 1.54) is 11.8 Å². The quantitative estimate of drug-likeness (QED) is 0.347. The number of carbonyl (C=O) groups is 1. The maximum atomic E-state index is 11.9. The maximum absolute atomic E-state index is 11.9. The highest BCUT2D eigenvalue weighted by atomic mass is 32.2. The van der Waals surface area contributed by atoms with Crippen LogP contribution in [0.4, 0.5) is 11.5 Å². The molecule has 26 heavy (non-hydrogen) atoms. The van der Waals surface area contributed by atoms with Gasteiger partial charge in [0.1, 0.15) is 5.82 Å². The molecule has 1 heterocycles. The van der Waals surface area contributed by atoms with E-state index in [9.17, 15) is 4.79 Å². The van der Waals surface area contributed by atoms with E-state index in [1.807, 2.05) is 75.2 Å². The molecule has 2 aromatic rings. The number of nitrogens with one attached hydrogen (secondary N) is 1. The largest absolute Gasteiger partial charge is 0.378 e. The van der Waals surface area contributed by atoms with E-state index >= 15 is 0 Å². The van der Waals surface area contributed by atoms with Gasteiger partial charge in [0.2, 0.25) is 0 Å². The van der Waals surface area contributed by atoms with Crippen LogP contribution in [0.15, 0.2) is 40.6 Å². The van der Waals surface area contributed by atoms with Crippen LogP contribution in [0, 0.1) is 6.92 Å². The molecule has 0 bridgehead atoms. The Morgan fingerprint density at radius 1 is 1.15 bits per heavy atom. The molecule has 1 aromatic carbocycles. The van der Waals surface area contributed by atoms with E-state index in [1.54, 1.807) is 6.21 Å². The van der Waals surface area contributed by atoms with Crippen LogP contribution in [-0.2, 0) is 4.79 Å². The number of nitrogens with zero attached hydrogens (tertiary/aromatic N) is 5. The molecule has 0 saturated carbocycles. The van der Waals surface area contributed by atoms with Crippen molar-refractivity contribution >= 4 is 35.4 Å². The van der Waals surface area contributed by atoms with Gasteiger partial charge in [-0.1, -0.05) is 23.9 Å². The van der Waals surface area contributed by atoms with Gasteiger partial charge in [0.25, 0.3) is 5.91 Å². The van der Waals surface area contributed by atoms with E-state index in [0.29, 0.717) is 5.16 Å². The Balaban J connectivity index is 1.85. The molecule has 1 N–H and O–H groups in total. The molecule has 0 aliphatic rings. The van der Waals surface area contributed by atoms with Gasteiger partial charge in [0.05, 0.1) is 12.0 Å². The minimum Gasteiger partial charge on any atom is -0.378 e. The molecular weight excluding hydrogens is 348 g/mol. The summed E-state index contributed by atoms with van der Waals surface area (Å²) in [5.74, 6) is 0.819. The van der Waals surface area contributed by atoms with Crippen LogP contribution in [0.1, 0.15) is 11.3 Å². The molecule has 0 unspecified atom stereocenters. The highest BCUT2D eigenvalue weighted by Crippen LogP contribution is 2.17. The lowest BCUT2D eigenvalue weighted by Crippen LogP contribution is -2.20. The Kier molecular flexibility index (Phi) is 6.97. The highest BCUT2D eigenvalue weighted by Gasteiger charge is 2.07. The summed E-state index contributed by atoms with van der Waals surface area (Å²) < 4.78 is 0. The van der Waals surface area contributed by atoms with E-state index in [0.717, 1.165) is 22.8 Å². The molecule has 0 atom stereocenters. The van der Waals surface area contributed by atoms with Crippen LogP contribution in [0.25, 0.3) is 0 Å². The van der Waals surface area contributed by atoms with Crippen molar-refractivity contribution < 1.29 is 4.79 Å². The number of anilines is 2. The molecule has 7 nitrogen and oxygen atoms in total. The molecule has 8 heteroatoms. The third-order valence-electron chi connectivity index (χ3n) is 3.42. The fraction of sp³-hybridized carbons (Fsp3) is 0.333. The van der Waals surface area contributed by atoms with E-state index < -0.39 is 0 Å². The lowest BCUT2D eigenvalue weighted by Gasteiger charge is -2.12. The average Bonchev–Trinajstić information content (AvgIpc) is 2.60. The summed E-state index contributed by atoms with van der Waals surface area (Å²) in [4.78, 5) is 24.6. The summed E-state index contributed by atoms with van der Waals surface area (Å²) >= 11 is 1.29. The average molecular weight is 372 g/mol. The fourth-order valence-electron chi connectivity index (χ4n) is 2.02. The number of thioether (sulfide) groups is 1. The van der Waals surface area contributed by atoms with Crippen LogP contribution in [0.3, 0.4) is 0 Å². The second kappa shape index (κ2) is 9.19. The third-order valence-corrected chi connectivity index (χ3v) is 4.27. The van der Waals surface area contributed by atoms with Crippen LogP contribution < -0.4 is 15.2 Å². The van der Waals surface area contributed by atoms with Crippen LogP contribution in [0.2, 0.25) is 0 Å². The molecule has 0 aliphatic heterocycles. The molecule has 0 saturated heterocycles. The summed E-state index contributed by atoms with van der Waals surface area (Å²) in [6, 6.07) is 9.79. The predicted molar refractivity (Wildman–Crippen MR) is 108 cm³/mol. The van der Waals surface area contributed by atoms with Crippen molar-refractivity contribution in [2.24, 2.45) is 5.10 Å². The first kappa shape index (κ1) is 19.7. The number of hydrazone groups is 1. The van der Waals surface area contributed by atoms with Gasteiger partial charge in [0.15, 0.2) is 5.16 Å². The Labute approximate surface area is 158 Å². The third kappa shape index (κ3) is 6.03. The monoisotopic (exact) mass is 372 g/mol. The summed E-state index contributed by atoms with van der Waals surface area (Å²) in [6.45, 7) is 1.91. The first-order chi connectivity index (χ1) is 12.3. The van der Waals surface area contributed by atoms with Crippen LogP contribution in [-0.4, -0.2) is 56.0 Å². The number of carbonyl (C=O) groups excluding carboxylic acids is 1. The summed E-state index contributed by atoms with van der Waals surface area (Å²) in [5, 5.41) is 4.57. The number of rotatable bonds is 7. The number of aryl methyl sites for hydroxylation is 1. The number of benzene rings is 1. The molecule has 0 fully saturated rings. The van der Waals surface area contributed by atoms with Crippen molar-refractivity contribution in [3.8, 4) is 0 Å². The zero-order valence-corrected chi connectivity index (χ0v) is 16.5. The molecule has 138 valence electrons. The van der Waals surface area contributed by atoms with Gasteiger partial charge in [-0.15, -0.1) is 0 Å². The number of aromatic nitrogens is 2. The van der Waals surface area contributed by atoms with E-state index in [4.69, 9.17) is 0 Å². The lowest BCUT2D eigenvalue weighted by atomic mass is 10.2. The Morgan fingerprint density at radius 3 is 2.46 bits per heavy atom. The van der Waals surface area contributed by atoms with Crippen LogP contribution in [0.5, 0.6) is 0 Å². The fourth-order valence-corrected chi connectivity index (χ4v) is 2.71. The first-order valence-electron chi connectivity index (χ1n) is 8.10. The Bertz CT molecular complexity index is 774. The topological polar surface area (TPSA) is 73.7 Å². The molecule has 1 amide bonds. The number of hydrogen-bond donors (Lipinski definition) is 1. The van der Waals surface area contributed by atoms with Gasteiger partial charge in [-0.05, 0) is 24.6 Å². The van der Waals surface area contributed by atoms with Gasteiger partial charge >= 0.3 is 0 Å². The van der Waals surface area contributed by atoms with Gasteiger partial charge in [-0.25, -0.2) is 15.4 Å². The van der Waals surface area contributed by atoms with Crippen molar-refractivity contribution in [2.75, 3.05) is 43.7 Å². The second-order valence-corrected chi connectivity index (χ2v) is 7.05. The molecule has 2 rings (SSSR count). The zero-order chi connectivity index (χ0) is 19.1. The van der Waals surface area contributed by atoms with Gasteiger partial charge in [0, 0.05) is 45.6 Å². The Morgan fingerprint density at radius 2 is 1.85 bits per heavy atom. The molecular formula is C18H24N6OS. The van der Waals surface area contributed by atoms with Crippen molar-refractivity contribution in [3.63, 3.8) is 0 Å². The van der Waals surface area contributed by atoms with Crippen LogP contribution >= 0.6 is 11.8 Å². The van der Waals surface area contributed by atoms with Crippen molar-refractivity contribution in [1.29, 1.82) is 0 Å². The van der Waals surface area contributed by atoms with Gasteiger partial charge in [-0.2, -0.15) is 5.10 Å². The summed E-state index contributed by atoms with van der Waals surface area (Å²) in [6.07, 6.45) is 1.62. The molecule has 0 aliphatic carbocycles. The summed E-state index contributed by atoms with van der Waals surface area (Å²) in [7, 11) is 7.81. The highest BCUT2D eigenvalue weighted by molar-refractivity contribution is 7.99. The van der Waals surface area contributed by atoms with Crippen molar-refractivity contribution in [3.05, 3.63) is 41.6 Å². The SMILES string of the molecule is Cc1cc(N(C)C)nc(SCC(=O)NN=Cc2ccc(N(C)C)cc2)n1. The first-order valence-corrected chi connectivity index (χ1v) is 9.09. The van der Waals surface area contributed by atoms with Crippen molar-refractivity contribution in [2.45, 2.75) is 12.1 Å². The van der Waals surface area contributed by atoms with Gasteiger partial charge < -0.3 is 9.80 Å². The smallest absolute Gasteiger partial charge is 0.250 e. The normalized spacial score (nSPS) is 10.8. The number of hydrogen-bond acceptors (Lipinski definition) is 7. The molecule has 0 radical (unpaired) electrons. The van der Waals surface area contributed by atoms with Gasteiger partial charge in [-0.3, -0.25) is 4.79 Å². The lowest BCUT2D eigenvalue weighted by molar-refractivity contribution is -0.118. The Hall–Kier alpha value is -2.61. The molecule has 0 spiro atoms. The maximum Gasteiger partial charge on any atom is 0.250 e. The second-order valence-electron chi connectivity index (χ2n) is 6.11. The molecule has 1 aromatic heterocycles. The number of amides is 1. The standard InChI is InChI=1S/C18H24N6OS/c1-13-10-16(24(4)5)21-18(20-13)26-12-17(25)22-19-11-14-6-8-15(9-7-14)23(2)3/h6-11H,12H2,1-5H3,(H,22,25). The zero-order valence-electron chi connectivity index (χ0n) is 15.7. The van der Waals surface area contributed by atoms with E-state index in [-0.39, 0.29) is 11.7 Å². The predicted octanol–water partition coefficient (Wildman–Crippen LogP) is 2.16. The van der Waals surface area contributed by atoms with E-state index in [2.05, 4.69) is 20.5 Å².